The van der Waals surface area contributed by atoms with Crippen molar-refractivity contribution in [3.8, 4) is 0 Å². The molecule has 18 heavy (non-hydrogen) atoms. The van der Waals surface area contributed by atoms with Crippen LogP contribution in [0.2, 0.25) is 0 Å². The van der Waals surface area contributed by atoms with Crippen molar-refractivity contribution < 1.29 is 4.92 Å². The monoisotopic (exact) mass is 267 g/mol. The van der Waals surface area contributed by atoms with Crippen LogP contribution in [0.5, 0.6) is 0 Å². The van der Waals surface area contributed by atoms with Crippen molar-refractivity contribution in [2.75, 3.05) is 11.9 Å². The van der Waals surface area contributed by atoms with Gasteiger partial charge in [0.1, 0.15) is 6.20 Å². The number of nitrogens with two attached hydrogens (primary N) is 1. The van der Waals surface area contributed by atoms with Gasteiger partial charge >= 0.3 is 5.82 Å². The minimum Gasteiger partial charge on any atom is -0.361 e. The summed E-state index contributed by atoms with van der Waals surface area (Å²) in [4.78, 5) is 15.5. The summed E-state index contributed by atoms with van der Waals surface area (Å²) in [6, 6.07) is 0. The number of anilines is 1. The molecule has 8 heteroatoms. The molecule has 1 aliphatic carbocycles. The minimum absolute atomic E-state index is 0.0193. The lowest BCUT2D eigenvalue weighted by molar-refractivity contribution is -0.389. The van der Waals surface area contributed by atoms with Crippen LogP contribution in [0.1, 0.15) is 19.3 Å². The van der Waals surface area contributed by atoms with Crippen LogP contribution in [0.4, 0.5) is 11.6 Å². The Balaban J connectivity index is 1.88. The zero-order valence-electron chi connectivity index (χ0n) is 9.63. The average molecular weight is 267 g/mol. The third-order valence-corrected chi connectivity index (χ3v) is 4.12. The van der Waals surface area contributed by atoms with Gasteiger partial charge in [0.2, 0.25) is 5.82 Å². The number of fused-ring (bicyclic) bond motifs is 1. The molecule has 0 unspecified atom stereocenters. The Bertz CT molecular complexity index is 600. The van der Waals surface area contributed by atoms with Gasteiger partial charge in [-0.1, -0.05) is 11.3 Å². The van der Waals surface area contributed by atoms with Gasteiger partial charge in [-0.3, -0.25) is 0 Å². The van der Waals surface area contributed by atoms with Crippen LogP contribution >= 0.6 is 11.3 Å². The first-order valence-electron chi connectivity index (χ1n) is 5.72. The van der Waals surface area contributed by atoms with Gasteiger partial charge < -0.3 is 21.2 Å². The minimum atomic E-state index is -0.418. The normalized spacial score (nSPS) is 17.6. The van der Waals surface area contributed by atoms with Gasteiger partial charge in [-0.2, -0.15) is 9.38 Å². The lowest BCUT2D eigenvalue weighted by atomic mass is 9.78. The molecule has 1 fully saturated rings. The van der Waals surface area contributed by atoms with Crippen LogP contribution in [0.15, 0.2) is 11.6 Å². The van der Waals surface area contributed by atoms with E-state index in [1.807, 2.05) is 0 Å². The Morgan fingerprint density at radius 3 is 3.06 bits per heavy atom. The predicted octanol–water partition coefficient (Wildman–Crippen LogP) is 1.60. The van der Waals surface area contributed by atoms with E-state index in [0.717, 1.165) is 19.3 Å². The lowest BCUT2D eigenvalue weighted by Gasteiger charge is -2.38. The molecule has 0 saturated heterocycles. The van der Waals surface area contributed by atoms with Crippen LogP contribution < -0.4 is 11.1 Å². The average Bonchev–Trinajstić information content (AvgIpc) is 2.82. The largest absolute Gasteiger partial charge is 0.372 e. The number of rotatable bonds is 4. The van der Waals surface area contributed by atoms with E-state index in [0.29, 0.717) is 17.3 Å². The number of aromatic nitrogens is 2. The molecule has 3 rings (SSSR count). The van der Waals surface area contributed by atoms with Crippen LogP contribution in [-0.2, 0) is 0 Å². The lowest BCUT2D eigenvalue weighted by Crippen LogP contribution is -2.52. The fourth-order valence-corrected chi connectivity index (χ4v) is 2.84. The van der Waals surface area contributed by atoms with Crippen molar-refractivity contribution in [2.45, 2.75) is 24.8 Å². The van der Waals surface area contributed by atoms with E-state index in [9.17, 15) is 10.1 Å². The fraction of sp³-hybridized carbons (Fsp3) is 0.500. The van der Waals surface area contributed by atoms with E-state index in [1.165, 1.54) is 15.7 Å². The summed E-state index contributed by atoms with van der Waals surface area (Å²) in [6.45, 7) is 0.526. The quantitative estimate of drug-likeness (QED) is 0.647. The standard InChI is InChI=1S/C10H13N5O2S/c11-10(2-1-3-10)6-12-7-8(15(16)17)14-4-5-18-9(14)13-7/h4-5,12H,1-3,6,11H2. The highest BCUT2D eigenvalue weighted by molar-refractivity contribution is 7.15. The first-order valence-corrected chi connectivity index (χ1v) is 6.60. The number of nitro groups is 1. The van der Waals surface area contributed by atoms with Crippen molar-refractivity contribution in [1.82, 2.24) is 9.38 Å². The summed E-state index contributed by atoms with van der Waals surface area (Å²) in [7, 11) is 0. The van der Waals surface area contributed by atoms with E-state index in [2.05, 4.69) is 10.3 Å². The molecule has 0 aliphatic heterocycles. The molecule has 2 aromatic rings. The van der Waals surface area contributed by atoms with E-state index in [-0.39, 0.29) is 11.4 Å². The zero-order valence-corrected chi connectivity index (χ0v) is 10.4. The van der Waals surface area contributed by atoms with E-state index in [4.69, 9.17) is 5.73 Å². The molecular weight excluding hydrogens is 254 g/mol. The molecule has 7 nitrogen and oxygen atoms in total. The highest BCUT2D eigenvalue weighted by Crippen LogP contribution is 2.32. The van der Waals surface area contributed by atoms with Gasteiger partial charge in [0.15, 0.2) is 0 Å². The van der Waals surface area contributed by atoms with Crippen molar-refractivity contribution in [2.24, 2.45) is 5.73 Å². The molecule has 0 atom stereocenters. The van der Waals surface area contributed by atoms with Crippen molar-refractivity contribution in [3.05, 3.63) is 21.7 Å². The van der Waals surface area contributed by atoms with Gasteiger partial charge in [0.05, 0.1) is 0 Å². The molecule has 2 aromatic heterocycles. The number of thiazole rings is 1. The summed E-state index contributed by atoms with van der Waals surface area (Å²) in [6.07, 6.45) is 4.68. The van der Waals surface area contributed by atoms with Gasteiger partial charge in [0.25, 0.3) is 4.96 Å². The molecule has 2 heterocycles. The van der Waals surface area contributed by atoms with Crippen molar-refractivity contribution in [3.63, 3.8) is 0 Å². The Kier molecular flexibility index (Phi) is 2.49. The third kappa shape index (κ3) is 1.73. The summed E-state index contributed by atoms with van der Waals surface area (Å²) in [5.74, 6) is 0.290. The molecular formula is C10H13N5O2S. The summed E-state index contributed by atoms with van der Waals surface area (Å²) in [5, 5.41) is 15.9. The number of nitrogens with one attached hydrogen (secondary N) is 1. The van der Waals surface area contributed by atoms with Gasteiger partial charge in [0, 0.05) is 17.5 Å². The molecule has 0 bridgehead atoms. The predicted molar refractivity (Wildman–Crippen MR) is 69.0 cm³/mol. The highest BCUT2D eigenvalue weighted by atomic mass is 32.1. The molecule has 0 radical (unpaired) electrons. The Morgan fingerprint density at radius 1 is 1.67 bits per heavy atom. The molecule has 96 valence electrons. The van der Waals surface area contributed by atoms with Crippen LogP contribution in [0, 0.1) is 10.1 Å². The summed E-state index contributed by atoms with van der Waals surface area (Å²) < 4.78 is 1.48. The van der Waals surface area contributed by atoms with Crippen LogP contribution in [-0.4, -0.2) is 26.4 Å². The van der Waals surface area contributed by atoms with E-state index in [1.54, 1.807) is 11.6 Å². The van der Waals surface area contributed by atoms with E-state index < -0.39 is 4.92 Å². The second-order valence-corrected chi connectivity index (χ2v) is 5.54. The SMILES string of the molecule is NC1(CNc2nc3sccn3c2[N+](=O)[O-])CCC1. The molecule has 0 aromatic carbocycles. The third-order valence-electron chi connectivity index (χ3n) is 3.37. The Morgan fingerprint density at radius 2 is 2.44 bits per heavy atom. The summed E-state index contributed by atoms with van der Waals surface area (Å²) >= 11 is 1.37. The molecule has 3 N–H and O–H groups in total. The number of hydrogen-bond donors (Lipinski definition) is 2. The molecule has 1 aliphatic rings. The Labute approximate surface area is 107 Å². The van der Waals surface area contributed by atoms with Crippen molar-refractivity contribution in [1.29, 1.82) is 0 Å². The maximum atomic E-state index is 11.1. The second-order valence-electron chi connectivity index (χ2n) is 4.67. The smallest absolute Gasteiger partial charge is 0.361 e. The van der Waals surface area contributed by atoms with Gasteiger partial charge in [-0.05, 0) is 24.2 Å². The van der Waals surface area contributed by atoms with E-state index >= 15 is 0 Å². The zero-order chi connectivity index (χ0) is 12.8. The Hall–Kier alpha value is -1.67. The molecule has 0 amide bonds. The fourth-order valence-electron chi connectivity index (χ4n) is 2.13. The number of hydrogen-bond acceptors (Lipinski definition) is 6. The maximum absolute atomic E-state index is 11.1. The topological polar surface area (TPSA) is 98.5 Å². The molecule has 1 saturated carbocycles. The first-order chi connectivity index (χ1) is 8.59. The number of nitrogens with zero attached hydrogens (tertiary/aromatic N) is 3. The maximum Gasteiger partial charge on any atom is 0.372 e. The first kappa shape index (κ1) is 11.4. The van der Waals surface area contributed by atoms with Crippen molar-refractivity contribution >= 4 is 27.9 Å². The summed E-state index contributed by atoms with van der Waals surface area (Å²) in [5.41, 5.74) is 5.85. The highest BCUT2D eigenvalue weighted by Gasteiger charge is 2.33. The van der Waals surface area contributed by atoms with Gasteiger partial charge in [-0.25, -0.2) is 0 Å². The second kappa shape index (κ2) is 3.92. The number of imidazole rings is 1. The van der Waals surface area contributed by atoms with Crippen LogP contribution in [0.25, 0.3) is 4.96 Å². The molecule has 0 spiro atoms. The van der Waals surface area contributed by atoms with Crippen LogP contribution in [0.3, 0.4) is 0 Å². The van der Waals surface area contributed by atoms with Gasteiger partial charge in [-0.15, -0.1) is 0 Å².